The Balaban J connectivity index is 2.38. The van der Waals surface area contributed by atoms with Crippen LogP contribution in [-0.4, -0.2) is 51.7 Å². The van der Waals surface area contributed by atoms with Gasteiger partial charge in [0.1, 0.15) is 5.75 Å². The van der Waals surface area contributed by atoms with Crippen LogP contribution in [0.1, 0.15) is 5.56 Å². The zero-order valence-electron chi connectivity index (χ0n) is 12.2. The van der Waals surface area contributed by atoms with Gasteiger partial charge in [0, 0.05) is 38.9 Å². The Hall–Kier alpha value is -1.31. The molecule has 0 aromatic heterocycles. The fourth-order valence-corrected chi connectivity index (χ4v) is 1.73. The van der Waals surface area contributed by atoms with Crippen LogP contribution in [0, 0.1) is 0 Å². The number of nitrogens with one attached hydrogen (secondary N) is 1. The molecule has 0 aliphatic carbocycles. The van der Waals surface area contributed by atoms with Gasteiger partial charge in [-0.1, -0.05) is 18.2 Å². The third-order valence-electron chi connectivity index (χ3n) is 2.86. The van der Waals surface area contributed by atoms with Crippen molar-refractivity contribution in [1.82, 2.24) is 10.2 Å². The van der Waals surface area contributed by atoms with E-state index in [2.05, 4.69) is 15.0 Å². The molecule has 0 amide bonds. The molecule has 7 heteroatoms. The van der Waals surface area contributed by atoms with E-state index in [1.807, 2.05) is 7.05 Å². The van der Waals surface area contributed by atoms with Crippen molar-refractivity contribution in [1.29, 1.82) is 0 Å². The SMILES string of the molecule is COCCN(C)CCNCc1ccccc1OC(F)(F)F. The van der Waals surface area contributed by atoms with Gasteiger partial charge in [0.05, 0.1) is 6.61 Å². The number of hydrogen-bond acceptors (Lipinski definition) is 4. The van der Waals surface area contributed by atoms with Gasteiger partial charge in [-0.25, -0.2) is 0 Å². The molecule has 0 atom stereocenters. The lowest BCUT2D eigenvalue weighted by molar-refractivity contribution is -0.274. The molecule has 4 nitrogen and oxygen atoms in total. The largest absolute Gasteiger partial charge is 0.573 e. The molecular weight excluding hydrogens is 285 g/mol. The molecule has 120 valence electrons. The maximum atomic E-state index is 12.3. The Morgan fingerprint density at radius 3 is 2.57 bits per heavy atom. The van der Waals surface area contributed by atoms with Gasteiger partial charge >= 0.3 is 6.36 Å². The average Bonchev–Trinajstić information content (AvgIpc) is 2.41. The van der Waals surface area contributed by atoms with Crippen molar-refractivity contribution >= 4 is 0 Å². The molecule has 0 aliphatic rings. The predicted octanol–water partition coefficient (Wildman–Crippen LogP) is 2.25. The number of hydrogen-bond donors (Lipinski definition) is 1. The lowest BCUT2D eigenvalue weighted by atomic mass is 10.2. The summed E-state index contributed by atoms with van der Waals surface area (Å²) in [4.78, 5) is 2.08. The molecule has 0 saturated carbocycles. The molecule has 0 saturated heterocycles. The average molecular weight is 306 g/mol. The molecular formula is C14H21F3N2O2. The Morgan fingerprint density at radius 1 is 1.19 bits per heavy atom. The van der Waals surface area contributed by atoms with E-state index in [4.69, 9.17) is 4.74 Å². The number of alkyl halides is 3. The second kappa shape index (κ2) is 8.86. The van der Waals surface area contributed by atoms with Crippen LogP contribution in [0.5, 0.6) is 5.75 Å². The third kappa shape index (κ3) is 7.89. The fourth-order valence-electron chi connectivity index (χ4n) is 1.73. The van der Waals surface area contributed by atoms with Gasteiger partial charge in [-0.05, 0) is 13.1 Å². The van der Waals surface area contributed by atoms with E-state index in [0.29, 0.717) is 25.3 Å². The molecule has 1 aromatic rings. The summed E-state index contributed by atoms with van der Waals surface area (Å²) in [5, 5.41) is 3.11. The van der Waals surface area contributed by atoms with Crippen LogP contribution in [-0.2, 0) is 11.3 Å². The van der Waals surface area contributed by atoms with Crippen molar-refractivity contribution in [2.45, 2.75) is 12.9 Å². The minimum absolute atomic E-state index is 0.162. The molecule has 1 aromatic carbocycles. The number of methoxy groups -OCH3 is 1. The smallest absolute Gasteiger partial charge is 0.405 e. The van der Waals surface area contributed by atoms with E-state index in [1.54, 1.807) is 19.2 Å². The molecule has 0 radical (unpaired) electrons. The summed E-state index contributed by atoms with van der Waals surface area (Å²) in [5.74, 6) is -0.162. The highest BCUT2D eigenvalue weighted by molar-refractivity contribution is 5.33. The van der Waals surface area contributed by atoms with Crippen molar-refractivity contribution in [3.63, 3.8) is 0 Å². The summed E-state index contributed by atoms with van der Waals surface area (Å²) in [6.45, 7) is 3.24. The van der Waals surface area contributed by atoms with Crippen LogP contribution >= 0.6 is 0 Å². The van der Waals surface area contributed by atoms with E-state index < -0.39 is 6.36 Å². The number of ether oxygens (including phenoxy) is 2. The quantitative estimate of drug-likeness (QED) is 0.710. The van der Waals surface area contributed by atoms with Crippen LogP contribution < -0.4 is 10.1 Å². The van der Waals surface area contributed by atoms with Gasteiger partial charge in [0.2, 0.25) is 0 Å². The second-order valence-corrected chi connectivity index (χ2v) is 4.63. The summed E-state index contributed by atoms with van der Waals surface area (Å²) in [6.07, 6.45) is -4.67. The monoisotopic (exact) mass is 306 g/mol. The van der Waals surface area contributed by atoms with Crippen molar-refractivity contribution in [2.24, 2.45) is 0 Å². The number of halogens is 3. The van der Waals surface area contributed by atoms with Crippen LogP contribution in [0.3, 0.4) is 0 Å². The van der Waals surface area contributed by atoms with Gasteiger partial charge in [0.25, 0.3) is 0 Å². The molecule has 0 fully saturated rings. The predicted molar refractivity (Wildman–Crippen MR) is 74.2 cm³/mol. The third-order valence-corrected chi connectivity index (χ3v) is 2.86. The van der Waals surface area contributed by atoms with Crippen LogP contribution in [0.4, 0.5) is 13.2 Å². The molecule has 21 heavy (non-hydrogen) atoms. The van der Waals surface area contributed by atoms with E-state index in [-0.39, 0.29) is 5.75 Å². The number of para-hydroxylation sites is 1. The Labute approximate surface area is 122 Å². The maximum Gasteiger partial charge on any atom is 0.573 e. The van der Waals surface area contributed by atoms with Crippen LogP contribution in [0.15, 0.2) is 24.3 Å². The topological polar surface area (TPSA) is 33.7 Å². The van der Waals surface area contributed by atoms with Crippen molar-refractivity contribution in [3.05, 3.63) is 29.8 Å². The fraction of sp³-hybridized carbons (Fsp3) is 0.571. The number of benzene rings is 1. The zero-order valence-corrected chi connectivity index (χ0v) is 12.2. The van der Waals surface area contributed by atoms with E-state index in [0.717, 1.165) is 13.1 Å². The highest BCUT2D eigenvalue weighted by Gasteiger charge is 2.31. The Kier molecular flexibility index (Phi) is 7.49. The lowest BCUT2D eigenvalue weighted by Gasteiger charge is -2.17. The molecule has 0 aliphatic heterocycles. The molecule has 0 bridgehead atoms. The summed E-state index contributed by atoms with van der Waals surface area (Å²) < 4.78 is 45.8. The highest BCUT2D eigenvalue weighted by Crippen LogP contribution is 2.25. The van der Waals surface area contributed by atoms with Gasteiger partial charge in [-0.3, -0.25) is 0 Å². The van der Waals surface area contributed by atoms with Gasteiger partial charge < -0.3 is 19.7 Å². The maximum absolute atomic E-state index is 12.3. The Bertz CT molecular complexity index is 413. The normalized spacial score (nSPS) is 11.9. The first-order valence-electron chi connectivity index (χ1n) is 6.64. The van der Waals surface area contributed by atoms with E-state index in [1.165, 1.54) is 12.1 Å². The second-order valence-electron chi connectivity index (χ2n) is 4.63. The molecule has 1 rings (SSSR count). The number of rotatable bonds is 9. The van der Waals surface area contributed by atoms with E-state index >= 15 is 0 Å². The van der Waals surface area contributed by atoms with Gasteiger partial charge in [0.15, 0.2) is 0 Å². The first kappa shape index (κ1) is 17.7. The first-order valence-corrected chi connectivity index (χ1v) is 6.64. The lowest BCUT2D eigenvalue weighted by Crippen LogP contribution is -2.31. The summed E-state index contributed by atoms with van der Waals surface area (Å²) in [7, 11) is 3.60. The molecule has 1 N–H and O–H groups in total. The first-order chi connectivity index (χ1) is 9.92. The van der Waals surface area contributed by atoms with Crippen molar-refractivity contribution in [2.75, 3.05) is 40.4 Å². The van der Waals surface area contributed by atoms with Gasteiger partial charge in [-0.15, -0.1) is 13.2 Å². The molecule has 0 spiro atoms. The molecule has 0 unspecified atom stereocenters. The summed E-state index contributed by atoms with van der Waals surface area (Å²) in [6, 6.07) is 6.13. The van der Waals surface area contributed by atoms with Crippen LogP contribution in [0.2, 0.25) is 0 Å². The standard InChI is InChI=1S/C14H21F3N2O2/c1-19(9-10-20-2)8-7-18-11-12-5-3-4-6-13(12)21-14(15,16)17/h3-6,18H,7-11H2,1-2H3. The van der Waals surface area contributed by atoms with Crippen LogP contribution in [0.25, 0.3) is 0 Å². The van der Waals surface area contributed by atoms with Crippen molar-refractivity contribution in [3.8, 4) is 5.75 Å². The minimum atomic E-state index is -4.67. The van der Waals surface area contributed by atoms with Crippen molar-refractivity contribution < 1.29 is 22.6 Å². The van der Waals surface area contributed by atoms with Gasteiger partial charge in [-0.2, -0.15) is 0 Å². The highest BCUT2D eigenvalue weighted by atomic mass is 19.4. The Morgan fingerprint density at radius 2 is 1.90 bits per heavy atom. The summed E-state index contributed by atoms with van der Waals surface area (Å²) >= 11 is 0. The number of likely N-dealkylation sites (N-methyl/N-ethyl adjacent to an activating group) is 1. The summed E-state index contributed by atoms with van der Waals surface area (Å²) in [5.41, 5.74) is 0.481. The number of nitrogens with zero attached hydrogens (tertiary/aromatic N) is 1. The molecule has 0 heterocycles. The zero-order chi connectivity index (χ0) is 15.7. The van der Waals surface area contributed by atoms with E-state index in [9.17, 15) is 13.2 Å². The minimum Gasteiger partial charge on any atom is -0.405 e.